The standard InChI is InChI=1S/C40H33FN4O5/c1-20-27(24-4-3-5-26(42)16-24)12-14-44-35(20)29(22-6-7-22)18-31(37(44)46)39(48)50-40(49)32-19-30(23-8-9-23)36-21(2)28(13-15-45(36)38(32)47)25-10-11-34(43)33(41)17-25/h3-5,10-19,22-23H,6-9,42-43H2,1-2H3. The highest BCUT2D eigenvalue weighted by Gasteiger charge is 2.33. The first-order valence-corrected chi connectivity index (χ1v) is 16.6. The first-order chi connectivity index (χ1) is 24.0. The number of ether oxygens (including phenoxy) is 1. The fraction of sp³-hybridized carbons (Fsp3) is 0.200. The van der Waals surface area contributed by atoms with Crippen molar-refractivity contribution in [3.8, 4) is 22.3 Å². The maximum atomic E-state index is 14.4. The largest absolute Gasteiger partial charge is 0.399 e. The maximum Gasteiger partial charge on any atom is 0.351 e. The molecule has 6 aromatic rings. The van der Waals surface area contributed by atoms with Crippen molar-refractivity contribution in [2.75, 3.05) is 11.5 Å². The topological polar surface area (TPSA) is 138 Å². The van der Waals surface area contributed by atoms with E-state index in [1.54, 1.807) is 18.3 Å². The number of nitrogen functional groups attached to an aromatic ring is 2. The van der Waals surface area contributed by atoms with Crippen molar-refractivity contribution in [1.82, 2.24) is 8.80 Å². The second kappa shape index (κ2) is 11.5. The first-order valence-electron chi connectivity index (χ1n) is 16.6. The van der Waals surface area contributed by atoms with Gasteiger partial charge in [0.2, 0.25) is 0 Å². The zero-order valence-corrected chi connectivity index (χ0v) is 27.5. The summed E-state index contributed by atoms with van der Waals surface area (Å²) in [5.41, 5.74) is 18.1. The summed E-state index contributed by atoms with van der Waals surface area (Å²) >= 11 is 0. The van der Waals surface area contributed by atoms with Crippen LogP contribution in [0.15, 0.2) is 88.7 Å². The number of carbonyl (C=O) groups excluding carboxylic acids is 2. The van der Waals surface area contributed by atoms with E-state index in [1.807, 2.05) is 44.2 Å². The van der Waals surface area contributed by atoms with Gasteiger partial charge in [-0.3, -0.25) is 18.4 Å². The van der Waals surface area contributed by atoms with Gasteiger partial charge in [0.25, 0.3) is 11.1 Å². The predicted octanol–water partition coefficient (Wildman–Crippen LogP) is 6.92. The molecule has 0 unspecified atom stereocenters. The number of carbonyl (C=O) groups is 2. The van der Waals surface area contributed by atoms with Crippen molar-refractivity contribution in [2.24, 2.45) is 0 Å². The Morgan fingerprint density at radius 1 is 0.700 bits per heavy atom. The quantitative estimate of drug-likeness (QED) is 0.112. The number of pyridine rings is 4. The molecule has 0 spiro atoms. The Bertz CT molecular complexity index is 2580. The number of benzene rings is 2. The number of nitrogens with zero attached hydrogens (tertiary/aromatic N) is 2. The number of aryl methyl sites for hydroxylation is 2. The van der Waals surface area contributed by atoms with Gasteiger partial charge in [0.1, 0.15) is 16.9 Å². The number of esters is 2. The molecule has 0 saturated heterocycles. The van der Waals surface area contributed by atoms with Crippen LogP contribution >= 0.6 is 0 Å². The van der Waals surface area contributed by atoms with Crippen molar-refractivity contribution in [1.29, 1.82) is 0 Å². The third-order valence-corrected chi connectivity index (χ3v) is 9.99. The Morgan fingerprint density at radius 3 is 1.66 bits per heavy atom. The van der Waals surface area contributed by atoms with Crippen LogP contribution < -0.4 is 22.6 Å². The summed E-state index contributed by atoms with van der Waals surface area (Å²) < 4.78 is 22.5. The second-order valence-electron chi connectivity index (χ2n) is 13.4. The average Bonchev–Trinajstić information content (AvgIpc) is 4.02. The third-order valence-electron chi connectivity index (χ3n) is 9.99. The zero-order valence-electron chi connectivity index (χ0n) is 27.5. The molecular weight excluding hydrogens is 635 g/mol. The van der Waals surface area contributed by atoms with Crippen molar-refractivity contribution in [3.05, 3.63) is 139 Å². The second-order valence-corrected chi connectivity index (χ2v) is 13.4. The number of aromatic nitrogens is 2. The lowest BCUT2D eigenvalue weighted by Crippen LogP contribution is -2.29. The molecule has 0 atom stereocenters. The van der Waals surface area contributed by atoms with E-state index in [2.05, 4.69) is 0 Å². The number of rotatable bonds is 6. The molecule has 4 aromatic heterocycles. The van der Waals surface area contributed by atoms with E-state index in [9.17, 15) is 23.6 Å². The van der Waals surface area contributed by atoms with Gasteiger partial charge in [-0.1, -0.05) is 18.2 Å². The van der Waals surface area contributed by atoms with Crippen LogP contribution in [0.25, 0.3) is 33.3 Å². The van der Waals surface area contributed by atoms with Crippen LogP contribution in [0.1, 0.15) is 80.5 Å². The minimum absolute atomic E-state index is 0.0354. The Labute approximate surface area is 285 Å². The van der Waals surface area contributed by atoms with E-state index >= 15 is 0 Å². The van der Waals surface area contributed by atoms with Crippen LogP contribution in [-0.2, 0) is 4.74 Å². The predicted molar refractivity (Wildman–Crippen MR) is 190 cm³/mol. The molecule has 0 amide bonds. The van der Waals surface area contributed by atoms with Crippen LogP contribution in [0.5, 0.6) is 0 Å². The summed E-state index contributed by atoms with van der Waals surface area (Å²) in [6.45, 7) is 3.78. The molecule has 0 bridgehead atoms. The van der Waals surface area contributed by atoms with Crippen LogP contribution in [0.3, 0.4) is 0 Å². The molecule has 2 aliphatic carbocycles. The molecule has 4 heterocycles. The van der Waals surface area contributed by atoms with E-state index < -0.39 is 28.9 Å². The van der Waals surface area contributed by atoms with Crippen LogP contribution in [0.4, 0.5) is 15.8 Å². The summed E-state index contributed by atoms with van der Waals surface area (Å²) in [5, 5.41) is 0. The first kappa shape index (κ1) is 31.3. The summed E-state index contributed by atoms with van der Waals surface area (Å²) in [7, 11) is 0. The van der Waals surface area contributed by atoms with Crippen LogP contribution in [0, 0.1) is 19.7 Å². The van der Waals surface area contributed by atoms with E-state index in [1.165, 1.54) is 39.3 Å². The highest BCUT2D eigenvalue weighted by Crippen LogP contribution is 2.45. The van der Waals surface area contributed by atoms with E-state index in [4.69, 9.17) is 16.2 Å². The lowest BCUT2D eigenvalue weighted by atomic mass is 9.96. The molecule has 8 rings (SSSR count). The van der Waals surface area contributed by atoms with Gasteiger partial charge in [0.05, 0.1) is 16.7 Å². The normalized spacial score (nSPS) is 14.3. The molecule has 50 heavy (non-hydrogen) atoms. The zero-order chi connectivity index (χ0) is 35.0. The molecular formula is C40H33FN4O5. The molecule has 2 aliphatic rings. The van der Waals surface area contributed by atoms with Crippen LogP contribution in [-0.4, -0.2) is 20.7 Å². The number of nitrogens with two attached hydrogens (primary N) is 2. The Kier molecular flexibility index (Phi) is 7.22. The molecule has 0 radical (unpaired) electrons. The Balaban J connectivity index is 1.18. The minimum atomic E-state index is -1.13. The highest BCUT2D eigenvalue weighted by molar-refractivity contribution is 6.03. The molecule has 0 aliphatic heterocycles. The van der Waals surface area contributed by atoms with Gasteiger partial charge in [0.15, 0.2) is 0 Å². The molecule has 250 valence electrons. The van der Waals surface area contributed by atoms with Gasteiger partial charge in [-0.05, 0) is 144 Å². The summed E-state index contributed by atoms with van der Waals surface area (Å²) in [6.07, 6.45) is 6.68. The van der Waals surface area contributed by atoms with E-state index in [0.29, 0.717) is 27.8 Å². The number of halogens is 1. The summed E-state index contributed by atoms with van der Waals surface area (Å²) in [5.74, 6) is -2.56. The SMILES string of the molecule is Cc1c(-c2cccc(N)c2)ccn2c(=O)c(C(=O)OC(=O)c3cc(C4CC4)c4c(C)c(-c5ccc(N)c(F)c5)ccn4c3=O)cc(C3CC3)c12. The van der Waals surface area contributed by atoms with Gasteiger partial charge in [-0.2, -0.15) is 0 Å². The smallest absolute Gasteiger partial charge is 0.351 e. The van der Waals surface area contributed by atoms with Gasteiger partial charge >= 0.3 is 11.9 Å². The molecule has 10 heteroatoms. The van der Waals surface area contributed by atoms with Crippen molar-refractivity contribution < 1.29 is 18.7 Å². The fourth-order valence-electron chi connectivity index (χ4n) is 7.12. The monoisotopic (exact) mass is 668 g/mol. The summed E-state index contributed by atoms with van der Waals surface area (Å²) in [4.78, 5) is 54.8. The van der Waals surface area contributed by atoms with E-state index in [-0.39, 0.29) is 28.7 Å². The lowest BCUT2D eigenvalue weighted by molar-refractivity contribution is 0.0395. The highest BCUT2D eigenvalue weighted by atomic mass is 19.1. The van der Waals surface area contributed by atoms with Gasteiger partial charge < -0.3 is 16.2 Å². The van der Waals surface area contributed by atoms with Gasteiger partial charge in [0, 0.05) is 18.1 Å². The fourth-order valence-corrected chi connectivity index (χ4v) is 7.12. The Hall–Kier alpha value is -6.03. The lowest BCUT2D eigenvalue weighted by Gasteiger charge is -2.17. The van der Waals surface area contributed by atoms with Gasteiger partial charge in [-0.15, -0.1) is 0 Å². The maximum absolute atomic E-state index is 14.4. The minimum Gasteiger partial charge on any atom is -0.399 e. The number of fused-ring (bicyclic) bond motifs is 2. The molecule has 2 aromatic carbocycles. The number of hydrogen-bond donors (Lipinski definition) is 2. The molecule has 9 nitrogen and oxygen atoms in total. The van der Waals surface area contributed by atoms with Crippen molar-refractivity contribution in [2.45, 2.75) is 51.4 Å². The summed E-state index contributed by atoms with van der Waals surface area (Å²) in [6, 6.07) is 18.6. The molecule has 2 saturated carbocycles. The van der Waals surface area contributed by atoms with Crippen molar-refractivity contribution in [3.63, 3.8) is 0 Å². The Morgan fingerprint density at radius 2 is 1.20 bits per heavy atom. The molecule has 2 fully saturated rings. The van der Waals surface area contributed by atoms with Crippen molar-refractivity contribution >= 4 is 34.3 Å². The van der Waals surface area contributed by atoms with Gasteiger partial charge in [-0.25, -0.2) is 14.0 Å². The average molecular weight is 669 g/mol. The van der Waals surface area contributed by atoms with E-state index in [0.717, 1.165) is 59.1 Å². The number of hydrogen-bond acceptors (Lipinski definition) is 7. The third kappa shape index (κ3) is 5.15. The van der Waals surface area contributed by atoms with Crippen LogP contribution in [0.2, 0.25) is 0 Å². The number of anilines is 2. The molecule has 4 N–H and O–H groups in total.